The molecule has 1 aliphatic rings. The van der Waals surface area contributed by atoms with Gasteiger partial charge in [0.25, 0.3) is 0 Å². The van der Waals surface area contributed by atoms with Crippen molar-refractivity contribution in [1.29, 1.82) is 0 Å². The minimum atomic E-state index is 0.697. The molecule has 4 heteroatoms. The fraction of sp³-hybridized carbons (Fsp3) is 0.714. The van der Waals surface area contributed by atoms with Gasteiger partial charge < -0.3 is 4.90 Å². The van der Waals surface area contributed by atoms with Gasteiger partial charge in [-0.15, -0.1) is 0 Å². The molecule has 3 nitrogen and oxygen atoms in total. The van der Waals surface area contributed by atoms with Crippen LogP contribution < -0.4 is 4.90 Å². The minimum absolute atomic E-state index is 0.697. The predicted octanol–water partition coefficient (Wildman–Crippen LogP) is 3.49. The quantitative estimate of drug-likeness (QED) is 0.753. The lowest BCUT2D eigenvalue weighted by atomic mass is 9.91. The fourth-order valence-electron chi connectivity index (χ4n) is 2.35. The number of hydrogen-bond donors (Lipinski definition) is 0. The van der Waals surface area contributed by atoms with Gasteiger partial charge in [0, 0.05) is 29.7 Å². The van der Waals surface area contributed by atoms with E-state index in [0.29, 0.717) is 6.04 Å². The number of anilines is 1. The van der Waals surface area contributed by atoms with Gasteiger partial charge in [-0.25, -0.2) is 9.97 Å². The van der Waals surface area contributed by atoms with Crippen molar-refractivity contribution in [3.05, 3.63) is 17.6 Å². The second-order valence-electron chi connectivity index (χ2n) is 4.94. The first kappa shape index (κ1) is 13.8. The topological polar surface area (TPSA) is 29.0 Å². The van der Waals surface area contributed by atoms with Crippen molar-refractivity contribution in [3.63, 3.8) is 0 Å². The van der Waals surface area contributed by atoms with Crippen LogP contribution in [0.15, 0.2) is 6.07 Å². The third kappa shape index (κ3) is 3.22. The van der Waals surface area contributed by atoms with Crippen LogP contribution in [-0.2, 0) is 6.42 Å². The molecule has 0 aromatic carbocycles. The zero-order valence-electron chi connectivity index (χ0n) is 11.3. The monoisotopic (exact) mass is 311 g/mol. The minimum Gasteiger partial charge on any atom is -0.353 e. The van der Waals surface area contributed by atoms with Crippen LogP contribution in [-0.4, -0.2) is 27.9 Å². The van der Waals surface area contributed by atoms with E-state index in [1.165, 1.54) is 25.7 Å². The van der Waals surface area contributed by atoms with Crippen LogP contribution in [0.25, 0.3) is 0 Å². The van der Waals surface area contributed by atoms with Gasteiger partial charge in [0.15, 0.2) is 0 Å². The van der Waals surface area contributed by atoms with Crippen molar-refractivity contribution in [1.82, 2.24) is 9.97 Å². The molecule has 1 aliphatic carbocycles. The Morgan fingerprint density at radius 3 is 2.72 bits per heavy atom. The molecule has 100 valence electrons. The maximum atomic E-state index is 4.64. The van der Waals surface area contributed by atoms with Gasteiger partial charge in [-0.1, -0.05) is 22.9 Å². The Bertz CT molecular complexity index is 391. The molecule has 18 heavy (non-hydrogen) atoms. The van der Waals surface area contributed by atoms with Crippen LogP contribution in [0.5, 0.6) is 0 Å². The summed E-state index contributed by atoms with van der Waals surface area (Å²) in [4.78, 5) is 11.6. The Morgan fingerprint density at radius 1 is 1.39 bits per heavy atom. The van der Waals surface area contributed by atoms with Gasteiger partial charge in [0.05, 0.1) is 0 Å². The summed E-state index contributed by atoms with van der Waals surface area (Å²) < 4.78 is 0. The van der Waals surface area contributed by atoms with E-state index in [1.807, 2.05) is 6.92 Å². The van der Waals surface area contributed by atoms with E-state index in [4.69, 9.17) is 0 Å². The Labute approximate surface area is 118 Å². The molecule has 2 rings (SSSR count). The smallest absolute Gasteiger partial charge is 0.132 e. The average molecular weight is 312 g/mol. The molecule has 0 radical (unpaired) electrons. The molecule has 0 aliphatic heterocycles. The number of rotatable bonds is 6. The zero-order chi connectivity index (χ0) is 13.0. The third-order valence-electron chi connectivity index (χ3n) is 3.58. The molecule has 1 saturated carbocycles. The molecule has 1 heterocycles. The van der Waals surface area contributed by atoms with Gasteiger partial charge in [0.2, 0.25) is 0 Å². The molecular formula is C14H22BrN3. The van der Waals surface area contributed by atoms with Crippen LogP contribution in [0.2, 0.25) is 0 Å². The number of alkyl halides is 1. The Kier molecular flexibility index (Phi) is 4.98. The largest absolute Gasteiger partial charge is 0.353 e. The standard InChI is InChI=1S/C14H22BrN3/c1-3-12-10-14(17-11(2)16-12)18(9-5-8-15)13-6-4-7-13/h10,13H,3-9H2,1-2H3. The van der Waals surface area contributed by atoms with E-state index in [0.717, 1.165) is 35.6 Å². The molecule has 1 aromatic heterocycles. The molecule has 0 amide bonds. The van der Waals surface area contributed by atoms with E-state index < -0.39 is 0 Å². The van der Waals surface area contributed by atoms with Crippen molar-refractivity contribution >= 4 is 21.7 Å². The summed E-state index contributed by atoms with van der Waals surface area (Å²) in [5.74, 6) is 2.03. The summed E-state index contributed by atoms with van der Waals surface area (Å²) in [5.41, 5.74) is 1.15. The summed E-state index contributed by atoms with van der Waals surface area (Å²) in [5, 5.41) is 1.06. The molecule has 0 saturated heterocycles. The SMILES string of the molecule is CCc1cc(N(CCCBr)C2CCC2)nc(C)n1. The van der Waals surface area contributed by atoms with Crippen LogP contribution >= 0.6 is 15.9 Å². The van der Waals surface area contributed by atoms with Crippen molar-refractivity contribution < 1.29 is 0 Å². The van der Waals surface area contributed by atoms with Crippen LogP contribution in [0.3, 0.4) is 0 Å². The lowest BCUT2D eigenvalue weighted by Crippen LogP contribution is -2.41. The van der Waals surface area contributed by atoms with Crippen molar-refractivity contribution in [2.24, 2.45) is 0 Å². The first-order valence-electron chi connectivity index (χ1n) is 6.91. The lowest BCUT2D eigenvalue weighted by molar-refractivity contribution is 0.384. The van der Waals surface area contributed by atoms with E-state index in [-0.39, 0.29) is 0 Å². The fourth-order valence-corrected chi connectivity index (χ4v) is 2.60. The normalized spacial score (nSPS) is 15.5. The summed E-state index contributed by atoms with van der Waals surface area (Å²) in [6.07, 6.45) is 6.13. The van der Waals surface area contributed by atoms with E-state index in [2.05, 4.69) is 43.8 Å². The van der Waals surface area contributed by atoms with E-state index in [9.17, 15) is 0 Å². The van der Waals surface area contributed by atoms with Crippen LogP contribution in [0.4, 0.5) is 5.82 Å². The highest BCUT2D eigenvalue weighted by molar-refractivity contribution is 9.09. The second-order valence-corrected chi connectivity index (χ2v) is 5.73. The maximum absolute atomic E-state index is 4.64. The number of aromatic nitrogens is 2. The summed E-state index contributed by atoms with van der Waals surface area (Å²) >= 11 is 3.52. The molecule has 1 aromatic rings. The molecule has 0 unspecified atom stereocenters. The molecule has 0 spiro atoms. The van der Waals surface area contributed by atoms with E-state index >= 15 is 0 Å². The lowest BCUT2D eigenvalue weighted by Gasteiger charge is -2.38. The van der Waals surface area contributed by atoms with Gasteiger partial charge in [-0.2, -0.15) is 0 Å². The number of halogens is 1. The first-order chi connectivity index (χ1) is 8.74. The Morgan fingerprint density at radius 2 is 2.17 bits per heavy atom. The highest BCUT2D eigenvalue weighted by Crippen LogP contribution is 2.29. The summed E-state index contributed by atoms with van der Waals surface area (Å²) in [6.45, 7) is 5.24. The molecule has 0 bridgehead atoms. The molecule has 1 fully saturated rings. The second kappa shape index (κ2) is 6.50. The predicted molar refractivity (Wildman–Crippen MR) is 79.5 cm³/mol. The maximum Gasteiger partial charge on any atom is 0.132 e. The number of hydrogen-bond acceptors (Lipinski definition) is 3. The number of nitrogens with zero attached hydrogens (tertiary/aromatic N) is 3. The van der Waals surface area contributed by atoms with Gasteiger partial charge in [-0.3, -0.25) is 0 Å². The van der Waals surface area contributed by atoms with Gasteiger partial charge in [-0.05, 0) is 39.0 Å². The summed E-state index contributed by atoms with van der Waals surface area (Å²) in [6, 6.07) is 2.86. The molecule has 0 N–H and O–H groups in total. The van der Waals surface area contributed by atoms with Crippen LogP contribution in [0, 0.1) is 6.92 Å². The zero-order valence-corrected chi connectivity index (χ0v) is 12.9. The Hall–Kier alpha value is -0.640. The number of aryl methyl sites for hydroxylation is 2. The molecule has 0 atom stereocenters. The average Bonchev–Trinajstić information content (AvgIpc) is 2.31. The summed E-state index contributed by atoms with van der Waals surface area (Å²) in [7, 11) is 0. The molecular weight excluding hydrogens is 290 g/mol. The third-order valence-corrected chi connectivity index (χ3v) is 4.14. The van der Waals surface area contributed by atoms with Crippen LogP contribution in [0.1, 0.15) is 44.1 Å². The first-order valence-corrected chi connectivity index (χ1v) is 8.04. The van der Waals surface area contributed by atoms with Crippen molar-refractivity contribution in [3.8, 4) is 0 Å². The van der Waals surface area contributed by atoms with Gasteiger partial charge in [0.1, 0.15) is 11.6 Å². The van der Waals surface area contributed by atoms with Crippen molar-refractivity contribution in [2.45, 2.75) is 52.0 Å². The highest BCUT2D eigenvalue weighted by Gasteiger charge is 2.26. The van der Waals surface area contributed by atoms with Crippen molar-refractivity contribution in [2.75, 3.05) is 16.8 Å². The highest BCUT2D eigenvalue weighted by atomic mass is 79.9. The van der Waals surface area contributed by atoms with E-state index in [1.54, 1.807) is 0 Å². The van der Waals surface area contributed by atoms with Gasteiger partial charge >= 0.3 is 0 Å². The Balaban J connectivity index is 2.19.